The Morgan fingerprint density at radius 1 is 1.21 bits per heavy atom. The number of nitrogens with one attached hydrogen (secondary N) is 1. The third-order valence-electron chi connectivity index (χ3n) is 4.49. The van der Waals surface area contributed by atoms with Gasteiger partial charge in [-0.3, -0.25) is 9.59 Å². The lowest BCUT2D eigenvalue weighted by atomic mass is 9.98. The zero-order valence-corrected chi connectivity index (χ0v) is 16.8. The van der Waals surface area contributed by atoms with Gasteiger partial charge in [-0.25, -0.2) is 8.42 Å². The summed E-state index contributed by atoms with van der Waals surface area (Å²) >= 11 is 6.02. The van der Waals surface area contributed by atoms with Gasteiger partial charge in [-0.1, -0.05) is 18.2 Å². The van der Waals surface area contributed by atoms with Crippen molar-refractivity contribution < 1.29 is 18.0 Å². The summed E-state index contributed by atoms with van der Waals surface area (Å²) in [5, 5.41) is 2.76. The van der Waals surface area contributed by atoms with E-state index in [4.69, 9.17) is 11.6 Å². The van der Waals surface area contributed by atoms with Gasteiger partial charge < -0.3 is 10.2 Å². The van der Waals surface area contributed by atoms with E-state index in [2.05, 4.69) is 11.9 Å². The van der Waals surface area contributed by atoms with E-state index >= 15 is 0 Å². The second kappa shape index (κ2) is 7.77. The number of benzene rings is 2. The molecule has 0 aromatic heterocycles. The van der Waals surface area contributed by atoms with Crippen LogP contribution in [0, 0.1) is 0 Å². The van der Waals surface area contributed by atoms with Crippen LogP contribution >= 0.6 is 11.6 Å². The van der Waals surface area contributed by atoms with Crippen LogP contribution in [0.3, 0.4) is 0 Å². The molecule has 1 N–H and O–H groups in total. The van der Waals surface area contributed by atoms with Crippen molar-refractivity contribution >= 4 is 44.6 Å². The zero-order chi connectivity index (χ0) is 20.5. The molecule has 0 spiro atoms. The number of rotatable bonds is 4. The van der Waals surface area contributed by atoms with Gasteiger partial charge in [-0.05, 0) is 60.9 Å². The number of sulfone groups is 1. The van der Waals surface area contributed by atoms with Crippen LogP contribution in [0.4, 0.5) is 11.4 Å². The number of carbonyl (C=O) groups excluding carboxylic acids is 2. The first-order chi connectivity index (χ1) is 13.2. The largest absolute Gasteiger partial charge is 0.322 e. The molecule has 0 saturated heterocycles. The number of fused-ring (bicyclic) bond motifs is 1. The number of carbonyl (C=O) groups is 2. The van der Waals surface area contributed by atoms with Crippen LogP contribution < -0.4 is 10.2 Å². The van der Waals surface area contributed by atoms with E-state index in [0.29, 0.717) is 17.8 Å². The van der Waals surface area contributed by atoms with E-state index in [1.54, 1.807) is 23.1 Å². The zero-order valence-electron chi connectivity index (χ0n) is 15.2. The van der Waals surface area contributed by atoms with E-state index in [9.17, 15) is 18.0 Å². The van der Waals surface area contributed by atoms with Crippen LogP contribution in [0.2, 0.25) is 5.02 Å². The molecule has 0 aliphatic carbocycles. The normalized spacial score (nSPS) is 13.6. The number of halogens is 1. The van der Waals surface area contributed by atoms with E-state index in [0.717, 1.165) is 30.3 Å². The number of hydrogen-bond donors (Lipinski definition) is 1. The summed E-state index contributed by atoms with van der Waals surface area (Å²) in [5.41, 5.74) is 2.53. The fourth-order valence-corrected chi connectivity index (χ4v) is 4.49. The number of anilines is 2. The van der Waals surface area contributed by atoms with Crippen molar-refractivity contribution in [3.8, 4) is 0 Å². The molecule has 3 rings (SSSR count). The fourth-order valence-electron chi connectivity index (χ4n) is 3.16. The first-order valence-corrected chi connectivity index (χ1v) is 10.9. The Morgan fingerprint density at radius 3 is 2.61 bits per heavy atom. The minimum atomic E-state index is -3.44. The highest BCUT2D eigenvalue weighted by molar-refractivity contribution is 7.90. The molecule has 8 heteroatoms. The van der Waals surface area contributed by atoms with Gasteiger partial charge in [0, 0.05) is 29.7 Å². The van der Waals surface area contributed by atoms with Crippen LogP contribution in [-0.2, 0) is 21.1 Å². The van der Waals surface area contributed by atoms with Crippen LogP contribution in [-0.4, -0.2) is 33.0 Å². The Bertz CT molecular complexity index is 1080. The van der Waals surface area contributed by atoms with E-state index in [-0.39, 0.29) is 21.7 Å². The van der Waals surface area contributed by atoms with Crippen molar-refractivity contribution in [3.63, 3.8) is 0 Å². The molecule has 0 atom stereocenters. The SMILES string of the molecule is C=CC(=O)N1CCCc2cc(C(=O)Nc3ccc(S(C)(=O)=O)c(Cl)c3)ccc21. The van der Waals surface area contributed by atoms with Gasteiger partial charge in [-0.2, -0.15) is 0 Å². The average molecular weight is 419 g/mol. The van der Waals surface area contributed by atoms with E-state index < -0.39 is 9.84 Å². The second-order valence-corrected chi connectivity index (χ2v) is 8.90. The maximum atomic E-state index is 12.6. The first-order valence-electron chi connectivity index (χ1n) is 8.58. The summed E-state index contributed by atoms with van der Waals surface area (Å²) in [6, 6.07) is 9.42. The van der Waals surface area contributed by atoms with Crippen molar-refractivity contribution in [2.24, 2.45) is 0 Å². The predicted octanol–water partition coefficient (Wildman–Crippen LogP) is 3.46. The first kappa shape index (κ1) is 20.1. The highest BCUT2D eigenvalue weighted by Crippen LogP contribution is 2.29. The predicted molar refractivity (Wildman–Crippen MR) is 110 cm³/mol. The molecule has 28 heavy (non-hydrogen) atoms. The molecule has 0 fully saturated rings. The van der Waals surface area contributed by atoms with E-state index in [1.165, 1.54) is 24.3 Å². The molecular weight excluding hydrogens is 400 g/mol. The Balaban J connectivity index is 1.83. The maximum absolute atomic E-state index is 12.6. The minimum absolute atomic E-state index is 0.00734. The molecule has 2 aromatic carbocycles. The van der Waals surface area contributed by atoms with Gasteiger partial charge in [0.2, 0.25) is 5.91 Å². The fraction of sp³-hybridized carbons (Fsp3) is 0.200. The van der Waals surface area contributed by atoms with Crippen LogP contribution in [0.5, 0.6) is 0 Å². The lowest BCUT2D eigenvalue weighted by molar-refractivity contribution is -0.114. The number of aryl methyl sites for hydroxylation is 1. The number of amides is 2. The molecule has 1 heterocycles. The summed E-state index contributed by atoms with van der Waals surface area (Å²) < 4.78 is 23.3. The summed E-state index contributed by atoms with van der Waals surface area (Å²) in [5.74, 6) is -0.517. The third kappa shape index (κ3) is 4.10. The Labute approximate surface area is 168 Å². The smallest absolute Gasteiger partial charge is 0.255 e. The molecule has 6 nitrogen and oxygen atoms in total. The topological polar surface area (TPSA) is 83.6 Å². The molecule has 0 bridgehead atoms. The molecule has 0 saturated carbocycles. The minimum Gasteiger partial charge on any atom is -0.322 e. The van der Waals surface area contributed by atoms with Gasteiger partial charge in [0.15, 0.2) is 9.84 Å². The van der Waals surface area contributed by atoms with Crippen molar-refractivity contribution in [1.29, 1.82) is 0 Å². The molecule has 146 valence electrons. The summed E-state index contributed by atoms with van der Waals surface area (Å²) in [7, 11) is -3.44. The molecule has 0 radical (unpaired) electrons. The molecular formula is C20H19ClN2O4S. The number of nitrogens with zero attached hydrogens (tertiary/aromatic N) is 1. The molecule has 1 aliphatic heterocycles. The quantitative estimate of drug-likeness (QED) is 0.770. The number of hydrogen-bond acceptors (Lipinski definition) is 4. The standard InChI is InChI=1S/C20H19ClN2O4S/c1-3-19(24)23-10-4-5-13-11-14(6-8-17(13)23)20(25)22-15-7-9-18(16(21)12-15)28(2,26)27/h3,6-9,11-12H,1,4-5,10H2,2H3,(H,22,25). The summed E-state index contributed by atoms with van der Waals surface area (Å²) in [6.45, 7) is 4.15. The Morgan fingerprint density at radius 2 is 1.96 bits per heavy atom. The maximum Gasteiger partial charge on any atom is 0.255 e. The van der Waals surface area contributed by atoms with Gasteiger partial charge in [0.05, 0.1) is 9.92 Å². The lowest BCUT2D eigenvalue weighted by Crippen LogP contribution is -2.34. The third-order valence-corrected chi connectivity index (χ3v) is 6.07. The van der Waals surface area contributed by atoms with Crippen LogP contribution in [0.1, 0.15) is 22.3 Å². The van der Waals surface area contributed by atoms with Crippen LogP contribution in [0.15, 0.2) is 53.9 Å². The highest BCUT2D eigenvalue weighted by atomic mass is 35.5. The summed E-state index contributed by atoms with van der Waals surface area (Å²) in [4.78, 5) is 26.2. The lowest BCUT2D eigenvalue weighted by Gasteiger charge is -2.28. The summed E-state index contributed by atoms with van der Waals surface area (Å²) in [6.07, 6.45) is 3.92. The van der Waals surface area contributed by atoms with Gasteiger partial charge >= 0.3 is 0 Å². The van der Waals surface area contributed by atoms with Gasteiger partial charge in [0.1, 0.15) is 0 Å². The van der Waals surface area contributed by atoms with E-state index in [1.807, 2.05) is 0 Å². The Kier molecular flexibility index (Phi) is 5.58. The second-order valence-electron chi connectivity index (χ2n) is 6.51. The van der Waals surface area contributed by atoms with Gasteiger partial charge in [-0.15, -0.1) is 0 Å². The monoisotopic (exact) mass is 418 g/mol. The molecule has 2 amide bonds. The average Bonchev–Trinajstić information content (AvgIpc) is 2.65. The van der Waals surface area contributed by atoms with Crippen LogP contribution in [0.25, 0.3) is 0 Å². The molecule has 0 unspecified atom stereocenters. The van der Waals surface area contributed by atoms with Crippen molar-refractivity contribution in [2.75, 3.05) is 23.0 Å². The Hall–Kier alpha value is -2.64. The highest BCUT2D eigenvalue weighted by Gasteiger charge is 2.22. The molecule has 1 aliphatic rings. The van der Waals surface area contributed by atoms with Gasteiger partial charge in [0.25, 0.3) is 5.91 Å². The molecule has 2 aromatic rings. The van der Waals surface area contributed by atoms with Crippen molar-refractivity contribution in [3.05, 3.63) is 65.2 Å². The van der Waals surface area contributed by atoms with Crippen molar-refractivity contribution in [1.82, 2.24) is 0 Å². The van der Waals surface area contributed by atoms with Crippen molar-refractivity contribution in [2.45, 2.75) is 17.7 Å².